The molecule has 3 unspecified atom stereocenters. The van der Waals surface area contributed by atoms with Crippen LogP contribution in [0.3, 0.4) is 0 Å². The first-order valence-corrected chi connectivity index (χ1v) is 6.18. The number of nitrogens with two attached hydrogens (primary N) is 1. The Bertz CT molecular complexity index is 306. The van der Waals surface area contributed by atoms with E-state index in [0.29, 0.717) is 6.42 Å². The van der Waals surface area contributed by atoms with E-state index in [9.17, 15) is 14.7 Å². The van der Waals surface area contributed by atoms with Crippen LogP contribution in [0.5, 0.6) is 0 Å². The molecule has 0 saturated heterocycles. The number of carboxylic acids is 1. The van der Waals surface area contributed by atoms with Gasteiger partial charge in [0.15, 0.2) is 0 Å². The van der Waals surface area contributed by atoms with Gasteiger partial charge in [0.05, 0.1) is 5.41 Å². The third kappa shape index (κ3) is 3.19. The molecule has 0 aromatic carbocycles. The predicted molar refractivity (Wildman–Crippen MR) is 64.4 cm³/mol. The minimum atomic E-state index is -0.833. The van der Waals surface area contributed by atoms with E-state index in [1.54, 1.807) is 6.92 Å². The van der Waals surface area contributed by atoms with Crippen LogP contribution in [-0.2, 0) is 9.59 Å². The first-order chi connectivity index (χ1) is 7.90. The lowest BCUT2D eigenvalue weighted by Crippen LogP contribution is -2.48. The molecular weight excluding hydrogens is 220 g/mol. The molecule has 1 aliphatic rings. The van der Waals surface area contributed by atoms with Crippen molar-refractivity contribution in [3.05, 3.63) is 0 Å². The number of carbonyl (C=O) groups excluding carboxylic acids is 1. The molecule has 1 saturated carbocycles. The van der Waals surface area contributed by atoms with Gasteiger partial charge in [-0.3, -0.25) is 9.59 Å². The molecule has 1 aliphatic carbocycles. The fourth-order valence-corrected chi connectivity index (χ4v) is 2.29. The predicted octanol–water partition coefficient (Wildman–Crippen LogP) is 0.873. The van der Waals surface area contributed by atoms with Crippen LogP contribution in [0.2, 0.25) is 0 Å². The second-order valence-electron chi connectivity index (χ2n) is 5.11. The summed E-state index contributed by atoms with van der Waals surface area (Å²) in [6.07, 6.45) is 3.20. The van der Waals surface area contributed by atoms with Crippen LogP contribution < -0.4 is 11.1 Å². The third-order valence-corrected chi connectivity index (χ3v) is 3.75. The Balaban J connectivity index is 2.56. The molecule has 17 heavy (non-hydrogen) atoms. The van der Waals surface area contributed by atoms with Crippen LogP contribution in [0.4, 0.5) is 0 Å². The summed E-state index contributed by atoms with van der Waals surface area (Å²) in [4.78, 5) is 22.9. The number of amides is 1. The van der Waals surface area contributed by atoms with E-state index in [1.165, 1.54) is 0 Å². The lowest BCUT2D eigenvalue weighted by molar-refractivity contribution is -0.149. The highest BCUT2D eigenvalue weighted by Crippen LogP contribution is 2.38. The second-order valence-corrected chi connectivity index (χ2v) is 5.11. The van der Waals surface area contributed by atoms with Crippen molar-refractivity contribution >= 4 is 11.9 Å². The molecule has 0 aromatic rings. The number of carboxylic acid groups (broad SMARTS) is 1. The van der Waals surface area contributed by atoms with Gasteiger partial charge < -0.3 is 16.2 Å². The van der Waals surface area contributed by atoms with Crippen molar-refractivity contribution in [2.75, 3.05) is 0 Å². The maximum atomic E-state index is 11.7. The van der Waals surface area contributed by atoms with Crippen LogP contribution in [-0.4, -0.2) is 29.1 Å². The van der Waals surface area contributed by atoms with Gasteiger partial charge in [0.2, 0.25) is 5.91 Å². The standard InChI is InChI=1S/C12H22N2O3/c1-3-8(13)7-10(15)14-9-5-4-6-12(9,2)11(16)17/h8-9H,3-7,13H2,1-2H3,(H,14,15)(H,16,17). The molecule has 0 aromatic heterocycles. The van der Waals surface area contributed by atoms with Crippen LogP contribution in [0, 0.1) is 5.41 Å². The van der Waals surface area contributed by atoms with E-state index in [0.717, 1.165) is 19.3 Å². The highest BCUT2D eigenvalue weighted by molar-refractivity contribution is 5.80. The first-order valence-electron chi connectivity index (χ1n) is 6.18. The Kier molecular flexibility index (Phi) is 4.51. The van der Waals surface area contributed by atoms with Crippen molar-refractivity contribution in [2.24, 2.45) is 11.1 Å². The third-order valence-electron chi connectivity index (χ3n) is 3.75. The Labute approximate surface area is 102 Å². The molecule has 0 radical (unpaired) electrons. The average molecular weight is 242 g/mol. The number of nitrogens with one attached hydrogen (secondary N) is 1. The summed E-state index contributed by atoms with van der Waals surface area (Å²) in [7, 11) is 0. The van der Waals surface area contributed by atoms with E-state index >= 15 is 0 Å². The summed E-state index contributed by atoms with van der Waals surface area (Å²) in [6, 6.07) is -0.413. The van der Waals surface area contributed by atoms with Gasteiger partial charge in [0.25, 0.3) is 0 Å². The zero-order valence-electron chi connectivity index (χ0n) is 10.5. The van der Waals surface area contributed by atoms with Gasteiger partial charge in [-0.15, -0.1) is 0 Å². The van der Waals surface area contributed by atoms with Crippen LogP contribution in [0.25, 0.3) is 0 Å². The van der Waals surface area contributed by atoms with Crippen molar-refractivity contribution in [2.45, 2.75) is 58.0 Å². The van der Waals surface area contributed by atoms with Crippen molar-refractivity contribution in [3.8, 4) is 0 Å². The van der Waals surface area contributed by atoms with Gasteiger partial charge >= 0.3 is 5.97 Å². The lowest BCUT2D eigenvalue weighted by Gasteiger charge is -2.28. The Hall–Kier alpha value is -1.10. The Morgan fingerprint density at radius 2 is 2.24 bits per heavy atom. The highest BCUT2D eigenvalue weighted by atomic mass is 16.4. The second kappa shape index (κ2) is 5.49. The lowest BCUT2D eigenvalue weighted by atomic mass is 9.85. The quantitative estimate of drug-likeness (QED) is 0.667. The smallest absolute Gasteiger partial charge is 0.311 e. The number of hydrogen-bond acceptors (Lipinski definition) is 3. The largest absolute Gasteiger partial charge is 0.481 e. The SMILES string of the molecule is CCC(N)CC(=O)NC1CCCC1(C)C(=O)O. The normalized spacial score (nSPS) is 29.9. The maximum Gasteiger partial charge on any atom is 0.311 e. The summed E-state index contributed by atoms with van der Waals surface area (Å²) in [5.41, 5.74) is 4.87. The molecule has 1 fully saturated rings. The molecule has 5 heteroatoms. The summed E-state index contributed by atoms with van der Waals surface area (Å²) in [5.74, 6) is -0.973. The molecule has 5 nitrogen and oxygen atoms in total. The maximum absolute atomic E-state index is 11.7. The summed E-state index contributed by atoms with van der Waals surface area (Å²) >= 11 is 0. The minimum absolute atomic E-state index is 0.140. The van der Waals surface area contributed by atoms with Crippen molar-refractivity contribution in [3.63, 3.8) is 0 Å². The topological polar surface area (TPSA) is 92.4 Å². The molecule has 4 N–H and O–H groups in total. The van der Waals surface area contributed by atoms with Crippen LogP contribution in [0.15, 0.2) is 0 Å². The molecule has 3 atom stereocenters. The summed E-state index contributed by atoms with van der Waals surface area (Å²) < 4.78 is 0. The first kappa shape index (κ1) is 14.0. The molecule has 0 spiro atoms. The Morgan fingerprint density at radius 1 is 1.59 bits per heavy atom. The summed E-state index contributed by atoms with van der Waals surface area (Å²) in [5, 5.41) is 12.0. The average Bonchev–Trinajstić information content (AvgIpc) is 2.61. The van der Waals surface area contributed by atoms with Gasteiger partial charge in [0, 0.05) is 18.5 Å². The van der Waals surface area contributed by atoms with Crippen molar-refractivity contribution in [1.82, 2.24) is 5.32 Å². The zero-order chi connectivity index (χ0) is 13.1. The molecule has 0 bridgehead atoms. The number of rotatable bonds is 5. The minimum Gasteiger partial charge on any atom is -0.481 e. The summed E-state index contributed by atoms with van der Waals surface area (Å²) in [6.45, 7) is 3.63. The van der Waals surface area contributed by atoms with Gasteiger partial charge in [-0.1, -0.05) is 13.3 Å². The van der Waals surface area contributed by atoms with Crippen LogP contribution in [0.1, 0.15) is 46.0 Å². The van der Waals surface area contributed by atoms with E-state index in [1.807, 2.05) is 6.92 Å². The fourth-order valence-electron chi connectivity index (χ4n) is 2.29. The molecule has 1 rings (SSSR count). The van der Waals surface area contributed by atoms with E-state index in [4.69, 9.17) is 5.73 Å². The van der Waals surface area contributed by atoms with E-state index in [-0.39, 0.29) is 24.4 Å². The van der Waals surface area contributed by atoms with Gasteiger partial charge in [-0.25, -0.2) is 0 Å². The van der Waals surface area contributed by atoms with Gasteiger partial charge in [-0.2, -0.15) is 0 Å². The zero-order valence-corrected chi connectivity index (χ0v) is 10.5. The van der Waals surface area contributed by atoms with E-state index < -0.39 is 11.4 Å². The monoisotopic (exact) mass is 242 g/mol. The molecular formula is C12H22N2O3. The van der Waals surface area contributed by atoms with Crippen molar-refractivity contribution < 1.29 is 14.7 Å². The Morgan fingerprint density at radius 3 is 2.76 bits per heavy atom. The van der Waals surface area contributed by atoms with Crippen LogP contribution >= 0.6 is 0 Å². The molecule has 0 heterocycles. The fraction of sp³-hybridized carbons (Fsp3) is 0.833. The number of hydrogen-bond donors (Lipinski definition) is 3. The van der Waals surface area contributed by atoms with E-state index in [2.05, 4.69) is 5.32 Å². The van der Waals surface area contributed by atoms with Gasteiger partial charge in [-0.05, 0) is 26.2 Å². The number of carbonyl (C=O) groups is 2. The molecule has 1 amide bonds. The van der Waals surface area contributed by atoms with Gasteiger partial charge in [0.1, 0.15) is 0 Å². The molecule has 0 aliphatic heterocycles. The highest BCUT2D eigenvalue weighted by Gasteiger charge is 2.45. The number of aliphatic carboxylic acids is 1. The van der Waals surface area contributed by atoms with Crippen molar-refractivity contribution in [1.29, 1.82) is 0 Å². The molecule has 98 valence electrons.